The van der Waals surface area contributed by atoms with Gasteiger partial charge in [0.1, 0.15) is 0 Å². The maximum atomic E-state index is 5.43. The van der Waals surface area contributed by atoms with E-state index in [-0.39, 0.29) is 0 Å². The number of benzene rings is 10. The summed E-state index contributed by atoms with van der Waals surface area (Å²) in [7, 11) is 0. The number of para-hydroxylation sites is 1. The molecule has 0 radical (unpaired) electrons. The molecule has 2 heteroatoms. The van der Waals surface area contributed by atoms with Crippen LogP contribution >= 0.6 is 0 Å². The molecule has 12 aromatic rings. The fraction of sp³-hybridized carbons (Fsp3) is 0. The van der Waals surface area contributed by atoms with Gasteiger partial charge in [0.25, 0.3) is 0 Å². The van der Waals surface area contributed by atoms with Crippen LogP contribution < -0.4 is 0 Å². The zero-order valence-electron chi connectivity index (χ0n) is 33.3. The number of aromatic nitrogens is 2. The van der Waals surface area contributed by atoms with Crippen LogP contribution in [-0.2, 0) is 0 Å². The van der Waals surface area contributed by atoms with E-state index in [0.717, 1.165) is 33.8 Å². The monoisotopic (exact) mass is 774 g/mol. The lowest BCUT2D eigenvalue weighted by atomic mass is 9.88. The van der Waals surface area contributed by atoms with Crippen molar-refractivity contribution in [3.05, 3.63) is 231 Å². The molecule has 2 nitrogen and oxygen atoms in total. The lowest BCUT2D eigenvalue weighted by Crippen LogP contribution is -1.94. The maximum Gasteiger partial charge on any atom is 0.0722 e. The van der Waals surface area contributed by atoms with Gasteiger partial charge in [-0.3, -0.25) is 0 Å². The first kappa shape index (κ1) is 34.9. The maximum absolute atomic E-state index is 5.43. The molecule has 0 amide bonds. The van der Waals surface area contributed by atoms with Gasteiger partial charge in [-0.2, -0.15) is 0 Å². The van der Waals surface area contributed by atoms with Gasteiger partial charge in [0.2, 0.25) is 0 Å². The molecule has 0 aliphatic heterocycles. The van der Waals surface area contributed by atoms with Crippen LogP contribution in [0.15, 0.2) is 231 Å². The molecule has 0 saturated carbocycles. The molecular weight excluding hydrogens is 737 g/mol. The molecule has 0 saturated heterocycles. The summed E-state index contributed by atoms with van der Waals surface area (Å²) in [6, 6.07) is 83.6. The second kappa shape index (κ2) is 14.3. The van der Waals surface area contributed by atoms with Crippen LogP contribution in [0.3, 0.4) is 0 Å². The van der Waals surface area contributed by atoms with Crippen molar-refractivity contribution in [2.45, 2.75) is 0 Å². The predicted molar refractivity (Wildman–Crippen MR) is 258 cm³/mol. The molecule has 2 aromatic heterocycles. The van der Waals surface area contributed by atoms with Crippen molar-refractivity contribution < 1.29 is 0 Å². The van der Waals surface area contributed by atoms with E-state index in [1.807, 2.05) is 0 Å². The second-order valence-corrected chi connectivity index (χ2v) is 15.9. The number of hydrogen-bond donors (Lipinski definition) is 0. The van der Waals surface area contributed by atoms with E-state index in [1.165, 1.54) is 81.9 Å². The first-order valence-electron chi connectivity index (χ1n) is 21.0. The van der Waals surface area contributed by atoms with E-state index < -0.39 is 0 Å². The van der Waals surface area contributed by atoms with Crippen molar-refractivity contribution in [2.75, 3.05) is 0 Å². The highest BCUT2D eigenvalue weighted by atomic mass is 15.0. The summed E-state index contributed by atoms with van der Waals surface area (Å²) in [6.45, 7) is 0. The SMILES string of the molecule is c1ccc(-c2ccc(-n3c4ccccc4c4ccc(-c5ccc6c7ccccc7c7cccc(-c8cc(-c9ccccc9)cc(-c9ccccc9)n8)c7c6c5)cc43)cc2)cc1. The summed E-state index contributed by atoms with van der Waals surface area (Å²) >= 11 is 0. The number of rotatable bonds is 6. The molecular formula is C59H38N2. The van der Waals surface area contributed by atoms with E-state index in [2.05, 4.69) is 235 Å². The molecule has 2 heterocycles. The van der Waals surface area contributed by atoms with Crippen LogP contribution in [0.4, 0.5) is 0 Å². The van der Waals surface area contributed by atoms with E-state index in [4.69, 9.17) is 4.98 Å². The fourth-order valence-electron chi connectivity index (χ4n) is 9.48. The molecule has 284 valence electrons. The normalized spacial score (nSPS) is 11.6. The molecule has 0 fully saturated rings. The first-order chi connectivity index (χ1) is 30.2. The summed E-state index contributed by atoms with van der Waals surface area (Å²) in [5, 5.41) is 9.86. The highest BCUT2D eigenvalue weighted by molar-refractivity contribution is 6.29. The van der Waals surface area contributed by atoms with Crippen LogP contribution in [0.1, 0.15) is 0 Å². The molecule has 0 unspecified atom stereocenters. The molecule has 0 atom stereocenters. The fourth-order valence-corrected chi connectivity index (χ4v) is 9.48. The molecule has 0 bridgehead atoms. The Balaban J connectivity index is 1.08. The standard InChI is InChI=1S/C59H38N2/c1-4-15-39(16-5-1)41-27-31-46(32-28-41)61-57-26-13-12-23-50(57)51-34-30-44(38-58(51)61)43-29-33-49-47-21-10-11-22-48(47)52-24-14-25-53(59(52)54(49)35-43)56-37-45(40-17-6-2-7-18-40)36-55(60-56)42-19-8-3-9-20-42/h1-38H. The van der Waals surface area contributed by atoms with Crippen molar-refractivity contribution in [1.82, 2.24) is 9.55 Å². The van der Waals surface area contributed by atoms with Gasteiger partial charge in [0.15, 0.2) is 0 Å². The Morgan fingerprint density at radius 3 is 1.48 bits per heavy atom. The van der Waals surface area contributed by atoms with Crippen molar-refractivity contribution in [3.63, 3.8) is 0 Å². The van der Waals surface area contributed by atoms with E-state index >= 15 is 0 Å². The highest BCUT2D eigenvalue weighted by Crippen LogP contribution is 2.43. The Morgan fingerprint density at radius 2 is 0.754 bits per heavy atom. The summed E-state index contributed by atoms with van der Waals surface area (Å²) in [6.07, 6.45) is 0. The number of pyridine rings is 1. The van der Waals surface area contributed by atoms with Gasteiger partial charge in [-0.15, -0.1) is 0 Å². The third kappa shape index (κ3) is 5.92. The lowest BCUT2D eigenvalue weighted by molar-refractivity contribution is 1.18. The number of fused-ring (bicyclic) bond motifs is 9. The molecule has 12 rings (SSSR count). The van der Waals surface area contributed by atoms with Gasteiger partial charge in [-0.05, 0) is 108 Å². The van der Waals surface area contributed by atoms with Crippen molar-refractivity contribution in [1.29, 1.82) is 0 Å². The van der Waals surface area contributed by atoms with Crippen molar-refractivity contribution in [3.8, 4) is 61.6 Å². The molecule has 0 aliphatic carbocycles. The zero-order chi connectivity index (χ0) is 40.3. The summed E-state index contributed by atoms with van der Waals surface area (Å²) in [4.78, 5) is 5.43. The summed E-state index contributed by atoms with van der Waals surface area (Å²) in [5.74, 6) is 0. The molecule has 0 spiro atoms. The zero-order valence-corrected chi connectivity index (χ0v) is 33.3. The van der Waals surface area contributed by atoms with Crippen LogP contribution in [0.5, 0.6) is 0 Å². The van der Waals surface area contributed by atoms with E-state index in [1.54, 1.807) is 0 Å². The van der Waals surface area contributed by atoms with Gasteiger partial charge in [0, 0.05) is 27.6 Å². The summed E-state index contributed by atoms with van der Waals surface area (Å²) < 4.78 is 2.42. The largest absolute Gasteiger partial charge is 0.309 e. The Labute approximate surface area is 354 Å². The molecule has 61 heavy (non-hydrogen) atoms. The van der Waals surface area contributed by atoms with E-state index in [0.29, 0.717) is 0 Å². The third-order valence-corrected chi connectivity index (χ3v) is 12.4. The van der Waals surface area contributed by atoms with Crippen LogP contribution in [0, 0.1) is 0 Å². The van der Waals surface area contributed by atoms with Crippen LogP contribution in [0.25, 0.3) is 116 Å². The number of nitrogens with zero attached hydrogens (tertiary/aromatic N) is 2. The van der Waals surface area contributed by atoms with Crippen molar-refractivity contribution >= 4 is 54.1 Å². The average Bonchev–Trinajstić information content (AvgIpc) is 3.68. The van der Waals surface area contributed by atoms with Crippen LogP contribution in [-0.4, -0.2) is 9.55 Å². The Bertz CT molecular complexity index is 3550. The first-order valence-corrected chi connectivity index (χ1v) is 21.0. The molecule has 0 aliphatic rings. The van der Waals surface area contributed by atoms with Gasteiger partial charge in [-0.25, -0.2) is 4.98 Å². The molecule has 10 aromatic carbocycles. The minimum atomic E-state index is 0.956. The Hall–Kier alpha value is -8.07. The smallest absolute Gasteiger partial charge is 0.0722 e. The topological polar surface area (TPSA) is 17.8 Å². The van der Waals surface area contributed by atoms with Crippen molar-refractivity contribution in [2.24, 2.45) is 0 Å². The highest BCUT2D eigenvalue weighted by Gasteiger charge is 2.18. The average molecular weight is 775 g/mol. The van der Waals surface area contributed by atoms with Gasteiger partial charge in [-0.1, -0.05) is 188 Å². The minimum Gasteiger partial charge on any atom is -0.309 e. The van der Waals surface area contributed by atoms with Gasteiger partial charge < -0.3 is 4.57 Å². The van der Waals surface area contributed by atoms with E-state index in [9.17, 15) is 0 Å². The Kier molecular flexibility index (Phi) is 8.21. The minimum absolute atomic E-state index is 0.956. The van der Waals surface area contributed by atoms with Gasteiger partial charge >= 0.3 is 0 Å². The predicted octanol–water partition coefficient (Wildman–Crippen LogP) is 16.0. The second-order valence-electron chi connectivity index (χ2n) is 15.9. The van der Waals surface area contributed by atoms with Gasteiger partial charge in [0.05, 0.1) is 22.4 Å². The summed E-state index contributed by atoms with van der Waals surface area (Å²) in [5.41, 5.74) is 14.7. The third-order valence-electron chi connectivity index (χ3n) is 12.4. The Morgan fingerprint density at radius 1 is 0.262 bits per heavy atom. The van der Waals surface area contributed by atoms with Crippen LogP contribution in [0.2, 0.25) is 0 Å². The lowest BCUT2D eigenvalue weighted by Gasteiger charge is -2.17. The number of hydrogen-bond acceptors (Lipinski definition) is 1. The quantitative estimate of drug-likeness (QED) is 0.154. The molecule has 0 N–H and O–H groups in total.